The maximum atomic E-state index is 6.54. The maximum absolute atomic E-state index is 6.54. The van der Waals surface area contributed by atoms with Gasteiger partial charge in [0.05, 0.1) is 22.4 Å². The van der Waals surface area contributed by atoms with E-state index in [1.54, 1.807) is 18.6 Å². The molecule has 0 saturated heterocycles. The van der Waals surface area contributed by atoms with Crippen LogP contribution in [-0.4, -0.2) is 24.5 Å². The number of pyridine rings is 1. The number of para-hydroxylation sites is 4. The van der Waals surface area contributed by atoms with Gasteiger partial charge in [-0.05, 0) is 58.3 Å². The van der Waals surface area contributed by atoms with Crippen molar-refractivity contribution < 1.29 is 24.5 Å². The van der Waals surface area contributed by atoms with Gasteiger partial charge in [0, 0.05) is 60.8 Å². The van der Waals surface area contributed by atoms with Crippen molar-refractivity contribution in [2.45, 2.75) is 39.5 Å². The largest absolute Gasteiger partial charge is 0.500 e. The zero-order valence-electron chi connectivity index (χ0n) is 28.8. The quantitative estimate of drug-likeness (QED) is 0.161. The van der Waals surface area contributed by atoms with Gasteiger partial charge in [-0.1, -0.05) is 93.9 Å². The second-order valence-corrected chi connectivity index (χ2v) is 12.9. The molecule has 51 heavy (non-hydrogen) atoms. The van der Waals surface area contributed by atoms with Crippen molar-refractivity contribution in [1.82, 2.24) is 24.5 Å². The van der Waals surface area contributed by atoms with E-state index in [-0.39, 0.29) is 20.1 Å². The molecule has 0 aliphatic heterocycles. The average Bonchev–Trinajstić information content (AvgIpc) is 3.74. The van der Waals surface area contributed by atoms with Gasteiger partial charge in [-0.3, -0.25) is 9.97 Å². The monoisotopic (exact) mass is 842 g/mol. The van der Waals surface area contributed by atoms with Gasteiger partial charge in [-0.2, -0.15) is 0 Å². The van der Waals surface area contributed by atoms with Crippen LogP contribution in [0.25, 0.3) is 72.3 Å². The Morgan fingerprint density at radius 1 is 0.686 bits per heavy atom. The van der Waals surface area contributed by atoms with Gasteiger partial charge in [0.1, 0.15) is 5.58 Å². The Kier molecular flexibility index (Phi) is 9.59. The Labute approximate surface area is 310 Å². The molecule has 0 bridgehead atoms. The van der Waals surface area contributed by atoms with Gasteiger partial charge in [-0.25, -0.2) is 0 Å². The number of aromatic nitrogens is 5. The third-order valence-electron chi connectivity index (χ3n) is 9.00. The molecule has 0 aliphatic carbocycles. The van der Waals surface area contributed by atoms with Crippen molar-refractivity contribution in [2.75, 3.05) is 0 Å². The molecule has 253 valence electrons. The molecule has 0 amide bonds. The second kappa shape index (κ2) is 14.4. The predicted octanol–water partition coefficient (Wildman–Crippen LogP) is 11.1. The van der Waals surface area contributed by atoms with E-state index in [1.165, 1.54) is 16.8 Å². The molecule has 6 nitrogen and oxygen atoms in total. The summed E-state index contributed by atoms with van der Waals surface area (Å²) in [7, 11) is 0. The number of hydrogen-bond donors (Lipinski definition) is 0. The topological polar surface area (TPSA) is 69.6 Å². The van der Waals surface area contributed by atoms with Crippen molar-refractivity contribution in [3.05, 3.63) is 151 Å². The molecule has 4 aromatic heterocycles. The molecule has 0 aliphatic rings. The first kappa shape index (κ1) is 34.0. The summed E-state index contributed by atoms with van der Waals surface area (Å²) in [6.45, 7) is 8.99. The average molecular weight is 842 g/mol. The van der Waals surface area contributed by atoms with Crippen molar-refractivity contribution in [2.24, 2.45) is 0 Å². The molecular formula is C44H35IrN5O-2. The van der Waals surface area contributed by atoms with Crippen LogP contribution in [0.15, 0.2) is 132 Å². The van der Waals surface area contributed by atoms with Gasteiger partial charge in [0.2, 0.25) is 0 Å². The molecule has 9 rings (SSSR count). The van der Waals surface area contributed by atoms with E-state index in [2.05, 4.69) is 102 Å². The summed E-state index contributed by atoms with van der Waals surface area (Å²) in [5, 5.41) is 1.95. The van der Waals surface area contributed by atoms with Gasteiger partial charge >= 0.3 is 0 Å². The fourth-order valence-electron chi connectivity index (χ4n) is 6.67. The fraction of sp³-hybridized carbons (Fsp3) is 0.136. The molecule has 4 heterocycles. The summed E-state index contributed by atoms with van der Waals surface area (Å²) in [4.78, 5) is 18.8. The summed E-state index contributed by atoms with van der Waals surface area (Å²) in [6, 6.07) is 43.4. The molecule has 0 atom stereocenters. The molecule has 0 saturated carbocycles. The molecule has 7 heteroatoms. The van der Waals surface area contributed by atoms with E-state index in [4.69, 9.17) is 9.40 Å². The van der Waals surface area contributed by atoms with Crippen LogP contribution < -0.4 is 0 Å². The number of rotatable bonds is 5. The molecule has 5 aromatic carbocycles. The minimum Gasteiger partial charge on any atom is -0.500 e. The molecular weight excluding hydrogens is 807 g/mol. The maximum Gasteiger partial charge on any atom is 0.121 e. The van der Waals surface area contributed by atoms with Crippen LogP contribution in [0, 0.1) is 12.1 Å². The number of imidazole rings is 1. The standard InChI is InChI=1S/C33H27N4O.C11H8N.Ir/c1-19(2)21-11-9-12-22(20(3)4)31(21)37-27-14-7-6-13-25(27)36-33(37)24-18-26-30(35-17-16-34-26)29-23-10-5-8-15-28(23)38-32(24)29;1-2-6-10(7-3-1)11-8-4-5-9-12-11;/h5-17,19-20H,1-4H3;1-6,8-9H;/q2*-1;. The van der Waals surface area contributed by atoms with Crippen molar-refractivity contribution in [1.29, 1.82) is 0 Å². The van der Waals surface area contributed by atoms with Gasteiger partial charge in [-0.15, -0.1) is 42.0 Å². The van der Waals surface area contributed by atoms with Crippen LogP contribution in [0.1, 0.15) is 50.7 Å². The Morgan fingerprint density at radius 2 is 1.41 bits per heavy atom. The minimum absolute atomic E-state index is 0. The van der Waals surface area contributed by atoms with E-state index in [1.807, 2.05) is 66.7 Å². The SMILES string of the molecule is CC(C)c1cccc(C(C)C)c1-n1c(-c2[c-]c3nccnc3c3c2oc2ccccc23)nc2ccccc21.[Ir].[c-]1ccccc1-c1ccccn1. The van der Waals surface area contributed by atoms with E-state index in [0.717, 1.165) is 61.1 Å². The number of nitrogens with zero attached hydrogens (tertiary/aromatic N) is 5. The first-order chi connectivity index (χ1) is 24.5. The van der Waals surface area contributed by atoms with E-state index >= 15 is 0 Å². The predicted molar refractivity (Wildman–Crippen MR) is 202 cm³/mol. The third-order valence-corrected chi connectivity index (χ3v) is 9.00. The van der Waals surface area contributed by atoms with Crippen molar-refractivity contribution >= 4 is 44.0 Å². The smallest absolute Gasteiger partial charge is 0.121 e. The zero-order chi connectivity index (χ0) is 34.2. The summed E-state index contributed by atoms with van der Waals surface area (Å²) >= 11 is 0. The van der Waals surface area contributed by atoms with Crippen molar-refractivity contribution in [3.63, 3.8) is 0 Å². The molecule has 0 fully saturated rings. The van der Waals surface area contributed by atoms with Gasteiger partial charge in [0.25, 0.3) is 0 Å². The second-order valence-electron chi connectivity index (χ2n) is 12.9. The molecule has 9 aromatic rings. The van der Waals surface area contributed by atoms with Crippen LogP contribution in [0.2, 0.25) is 0 Å². The Hall–Kier alpha value is -5.49. The van der Waals surface area contributed by atoms with E-state index < -0.39 is 0 Å². The molecule has 0 unspecified atom stereocenters. The van der Waals surface area contributed by atoms with Crippen LogP contribution in [-0.2, 0) is 20.1 Å². The van der Waals surface area contributed by atoms with Crippen molar-refractivity contribution in [3.8, 4) is 28.3 Å². The normalized spacial score (nSPS) is 11.3. The number of furan rings is 1. The van der Waals surface area contributed by atoms with Gasteiger partial charge < -0.3 is 19.0 Å². The summed E-state index contributed by atoms with van der Waals surface area (Å²) in [5.41, 5.74) is 11.5. The zero-order valence-corrected chi connectivity index (χ0v) is 31.2. The third kappa shape index (κ3) is 6.24. The fourth-order valence-corrected chi connectivity index (χ4v) is 6.67. The van der Waals surface area contributed by atoms with Crippen LogP contribution in [0.3, 0.4) is 0 Å². The Balaban J connectivity index is 0.000000265. The molecule has 0 spiro atoms. The van der Waals surface area contributed by atoms with E-state index in [0.29, 0.717) is 17.4 Å². The van der Waals surface area contributed by atoms with Crippen LogP contribution in [0.5, 0.6) is 0 Å². The van der Waals surface area contributed by atoms with Crippen LogP contribution >= 0.6 is 0 Å². The Morgan fingerprint density at radius 3 is 2.16 bits per heavy atom. The van der Waals surface area contributed by atoms with E-state index in [9.17, 15) is 0 Å². The molecule has 1 radical (unpaired) electrons. The first-order valence-corrected chi connectivity index (χ1v) is 17.0. The number of benzene rings is 5. The number of hydrogen-bond acceptors (Lipinski definition) is 5. The number of fused-ring (bicyclic) bond motifs is 6. The summed E-state index contributed by atoms with van der Waals surface area (Å²) in [6.07, 6.45) is 5.22. The first-order valence-electron chi connectivity index (χ1n) is 17.0. The van der Waals surface area contributed by atoms with Crippen LogP contribution in [0.4, 0.5) is 0 Å². The minimum atomic E-state index is 0. The summed E-state index contributed by atoms with van der Waals surface area (Å²) < 4.78 is 8.84. The summed E-state index contributed by atoms with van der Waals surface area (Å²) in [5.74, 6) is 1.45. The Bertz CT molecular complexity index is 2550. The van der Waals surface area contributed by atoms with Gasteiger partial charge in [0.15, 0.2) is 0 Å². The molecule has 0 N–H and O–H groups in total.